The van der Waals surface area contributed by atoms with E-state index in [0.717, 1.165) is 12.0 Å². The molecule has 2 heterocycles. The molecule has 2 saturated heterocycles. The van der Waals surface area contributed by atoms with E-state index in [1.807, 2.05) is 31.2 Å². The highest BCUT2D eigenvalue weighted by atomic mass is 32.2. The predicted molar refractivity (Wildman–Crippen MR) is 98.8 cm³/mol. The molecular weight excluding hydrogens is 355 g/mol. The number of nitrogens with zero attached hydrogens (tertiary/aromatic N) is 2. The van der Waals surface area contributed by atoms with Crippen LogP contribution in [0.15, 0.2) is 48.5 Å². The van der Waals surface area contributed by atoms with E-state index < -0.39 is 27.7 Å². The van der Waals surface area contributed by atoms with Crippen molar-refractivity contribution in [3.8, 4) is 0 Å². The minimum absolute atomic E-state index is 0.0589. The SMILES string of the molecule is CCc1ccc(N2C(=O)N(c3ccc(F)cc3)C3CS(=O)(=O)CC32)cc1. The second-order valence-corrected chi connectivity index (χ2v) is 8.88. The van der Waals surface area contributed by atoms with Gasteiger partial charge in [-0.25, -0.2) is 17.6 Å². The molecule has 2 aromatic rings. The molecule has 5 nitrogen and oxygen atoms in total. The number of carbonyl (C=O) groups is 1. The smallest absolute Gasteiger partial charge is 0.288 e. The summed E-state index contributed by atoms with van der Waals surface area (Å²) in [6.07, 6.45) is 0.885. The number of anilines is 2. The molecule has 26 heavy (non-hydrogen) atoms. The summed E-state index contributed by atoms with van der Waals surface area (Å²) in [4.78, 5) is 16.2. The van der Waals surface area contributed by atoms with Crippen molar-refractivity contribution in [2.75, 3.05) is 21.3 Å². The van der Waals surface area contributed by atoms with Gasteiger partial charge in [-0.05, 0) is 48.4 Å². The van der Waals surface area contributed by atoms with Gasteiger partial charge in [0, 0.05) is 11.4 Å². The van der Waals surface area contributed by atoms with Crippen molar-refractivity contribution in [2.45, 2.75) is 25.4 Å². The van der Waals surface area contributed by atoms with Crippen LogP contribution in [0.2, 0.25) is 0 Å². The van der Waals surface area contributed by atoms with Gasteiger partial charge in [0.25, 0.3) is 0 Å². The molecule has 2 amide bonds. The number of aryl methyl sites for hydroxylation is 1. The fraction of sp³-hybridized carbons (Fsp3) is 0.316. The van der Waals surface area contributed by atoms with E-state index in [2.05, 4.69) is 0 Å². The Balaban J connectivity index is 1.77. The Morgan fingerprint density at radius 1 is 0.923 bits per heavy atom. The van der Waals surface area contributed by atoms with Gasteiger partial charge in [-0.1, -0.05) is 19.1 Å². The summed E-state index contributed by atoms with van der Waals surface area (Å²) < 4.78 is 37.7. The summed E-state index contributed by atoms with van der Waals surface area (Å²) >= 11 is 0. The van der Waals surface area contributed by atoms with Gasteiger partial charge in [0.2, 0.25) is 0 Å². The molecule has 2 unspecified atom stereocenters. The third-order valence-electron chi connectivity index (χ3n) is 5.10. The lowest BCUT2D eigenvalue weighted by atomic mass is 10.1. The van der Waals surface area contributed by atoms with Crippen LogP contribution in [0.1, 0.15) is 12.5 Å². The van der Waals surface area contributed by atoms with Crippen molar-refractivity contribution in [1.29, 1.82) is 0 Å². The highest BCUT2D eigenvalue weighted by molar-refractivity contribution is 7.91. The second kappa shape index (κ2) is 6.09. The van der Waals surface area contributed by atoms with Gasteiger partial charge in [0.1, 0.15) is 5.82 Å². The number of halogens is 1. The molecule has 0 spiro atoms. The van der Waals surface area contributed by atoms with E-state index in [1.54, 1.807) is 4.90 Å². The molecule has 2 aliphatic rings. The molecule has 0 saturated carbocycles. The number of fused-ring (bicyclic) bond motifs is 1. The quantitative estimate of drug-likeness (QED) is 0.776. The third-order valence-corrected chi connectivity index (χ3v) is 6.80. The van der Waals surface area contributed by atoms with Gasteiger partial charge in [-0.2, -0.15) is 0 Å². The van der Waals surface area contributed by atoms with Crippen LogP contribution in [0, 0.1) is 5.82 Å². The average molecular weight is 374 g/mol. The van der Waals surface area contributed by atoms with Crippen LogP contribution in [0.5, 0.6) is 0 Å². The first-order valence-electron chi connectivity index (χ1n) is 8.57. The zero-order valence-corrected chi connectivity index (χ0v) is 15.1. The first kappa shape index (κ1) is 17.0. The van der Waals surface area contributed by atoms with Gasteiger partial charge in [0.15, 0.2) is 9.84 Å². The van der Waals surface area contributed by atoms with Crippen LogP contribution >= 0.6 is 0 Å². The van der Waals surface area contributed by atoms with Crippen LogP contribution in [-0.4, -0.2) is 38.0 Å². The lowest BCUT2D eigenvalue weighted by molar-refractivity contribution is 0.255. The first-order valence-corrected chi connectivity index (χ1v) is 10.4. The Bertz CT molecular complexity index is 942. The maximum absolute atomic E-state index is 13.3. The molecule has 7 heteroatoms. The number of benzene rings is 2. The lowest BCUT2D eigenvalue weighted by Gasteiger charge is -2.23. The monoisotopic (exact) mass is 374 g/mol. The molecule has 2 fully saturated rings. The predicted octanol–water partition coefficient (Wildman–Crippen LogP) is 3.00. The van der Waals surface area contributed by atoms with Crippen LogP contribution in [0.4, 0.5) is 20.6 Å². The minimum atomic E-state index is -3.24. The van der Waals surface area contributed by atoms with E-state index in [4.69, 9.17) is 0 Å². The van der Waals surface area contributed by atoms with E-state index in [-0.39, 0.29) is 17.5 Å². The molecule has 0 aliphatic carbocycles. The third kappa shape index (κ3) is 2.76. The van der Waals surface area contributed by atoms with E-state index in [9.17, 15) is 17.6 Å². The Labute approximate surface area is 152 Å². The van der Waals surface area contributed by atoms with E-state index in [0.29, 0.717) is 11.4 Å². The maximum Gasteiger partial charge on any atom is 0.329 e. The van der Waals surface area contributed by atoms with Gasteiger partial charge in [-0.15, -0.1) is 0 Å². The van der Waals surface area contributed by atoms with Crippen LogP contribution in [0.25, 0.3) is 0 Å². The molecule has 0 radical (unpaired) electrons. The standard InChI is InChI=1S/C19H19FN2O3S/c1-2-13-3-7-15(8-4-13)21-17-11-26(24,25)12-18(17)22(19(21)23)16-9-5-14(20)6-10-16/h3-10,17-18H,2,11-12H2,1H3. The molecule has 2 atom stereocenters. The van der Waals surface area contributed by atoms with Gasteiger partial charge in [-0.3, -0.25) is 9.80 Å². The van der Waals surface area contributed by atoms with Crippen LogP contribution < -0.4 is 9.80 Å². The van der Waals surface area contributed by atoms with Crippen molar-refractivity contribution in [1.82, 2.24) is 0 Å². The number of rotatable bonds is 3. The van der Waals surface area contributed by atoms with E-state index in [1.165, 1.54) is 29.2 Å². The molecule has 2 aromatic carbocycles. The zero-order valence-electron chi connectivity index (χ0n) is 14.3. The molecule has 2 aliphatic heterocycles. The summed E-state index contributed by atoms with van der Waals surface area (Å²) in [6, 6.07) is 12.0. The normalized spacial score (nSPS) is 24.2. The Morgan fingerprint density at radius 3 is 1.85 bits per heavy atom. The highest BCUT2D eigenvalue weighted by Crippen LogP contribution is 2.38. The van der Waals surface area contributed by atoms with Crippen molar-refractivity contribution >= 4 is 27.2 Å². The van der Waals surface area contributed by atoms with Crippen LogP contribution in [-0.2, 0) is 16.3 Å². The zero-order chi connectivity index (χ0) is 18.5. The number of sulfone groups is 1. The van der Waals surface area contributed by atoms with Gasteiger partial charge in [0.05, 0.1) is 23.6 Å². The number of amides is 2. The van der Waals surface area contributed by atoms with Gasteiger partial charge < -0.3 is 0 Å². The minimum Gasteiger partial charge on any atom is -0.288 e. The van der Waals surface area contributed by atoms with Crippen molar-refractivity contribution in [3.05, 3.63) is 59.9 Å². The fourth-order valence-electron chi connectivity index (χ4n) is 3.80. The largest absolute Gasteiger partial charge is 0.329 e. The second-order valence-electron chi connectivity index (χ2n) is 6.73. The summed E-state index contributed by atoms with van der Waals surface area (Å²) in [6.45, 7) is 2.05. The number of urea groups is 1. The first-order chi connectivity index (χ1) is 12.4. The Morgan fingerprint density at radius 2 is 1.38 bits per heavy atom. The van der Waals surface area contributed by atoms with Crippen molar-refractivity contribution in [3.63, 3.8) is 0 Å². The molecule has 4 rings (SSSR count). The summed E-state index contributed by atoms with van der Waals surface area (Å²) in [5.41, 5.74) is 2.34. The lowest BCUT2D eigenvalue weighted by Crippen LogP contribution is -2.37. The average Bonchev–Trinajstić information content (AvgIpc) is 3.05. The maximum atomic E-state index is 13.3. The summed E-state index contributed by atoms with van der Waals surface area (Å²) in [5.74, 6) is -0.538. The fourth-order valence-corrected chi connectivity index (χ4v) is 5.72. The number of carbonyl (C=O) groups excluding carboxylic acids is 1. The van der Waals surface area contributed by atoms with E-state index >= 15 is 0 Å². The van der Waals surface area contributed by atoms with Gasteiger partial charge >= 0.3 is 6.03 Å². The van der Waals surface area contributed by atoms with Crippen LogP contribution in [0.3, 0.4) is 0 Å². The Kier molecular flexibility index (Phi) is 3.99. The Hall–Kier alpha value is -2.41. The molecular formula is C19H19FN2O3S. The van der Waals surface area contributed by atoms with Crippen molar-refractivity contribution in [2.24, 2.45) is 0 Å². The summed E-state index contributed by atoms with van der Waals surface area (Å²) in [5, 5.41) is 0. The summed E-state index contributed by atoms with van der Waals surface area (Å²) in [7, 11) is -3.24. The molecule has 136 valence electrons. The highest BCUT2D eigenvalue weighted by Gasteiger charge is 2.54. The number of hydrogen-bond donors (Lipinski definition) is 0. The number of hydrogen-bond acceptors (Lipinski definition) is 3. The molecule has 0 N–H and O–H groups in total. The molecule has 0 bridgehead atoms. The van der Waals surface area contributed by atoms with Crippen molar-refractivity contribution < 1.29 is 17.6 Å². The topological polar surface area (TPSA) is 57.7 Å². The molecule has 0 aromatic heterocycles.